The summed E-state index contributed by atoms with van der Waals surface area (Å²) in [6, 6.07) is 9.64. The quantitative estimate of drug-likeness (QED) is 0.547. The molecule has 1 aromatic carbocycles. The summed E-state index contributed by atoms with van der Waals surface area (Å²) in [6.45, 7) is 7.78. The van der Waals surface area contributed by atoms with Crippen LogP contribution in [-0.2, 0) is 0 Å². The molecule has 0 bridgehead atoms. The van der Waals surface area contributed by atoms with Gasteiger partial charge in [0, 0.05) is 32.7 Å². The Balaban J connectivity index is 1.87. The van der Waals surface area contributed by atoms with Gasteiger partial charge in [0.1, 0.15) is 5.84 Å². The van der Waals surface area contributed by atoms with E-state index in [0.29, 0.717) is 18.1 Å². The Morgan fingerprint density at radius 2 is 2.00 bits per heavy atom. The average molecular weight is 299 g/mol. The zero-order valence-electron chi connectivity index (χ0n) is 13.2. The fraction of sp³-hybridized carbons (Fsp3) is 0.412. The second-order valence-electron chi connectivity index (χ2n) is 5.47. The van der Waals surface area contributed by atoms with E-state index >= 15 is 0 Å². The summed E-state index contributed by atoms with van der Waals surface area (Å²) in [5.41, 5.74) is 8.20. The van der Waals surface area contributed by atoms with Crippen molar-refractivity contribution in [2.24, 2.45) is 10.7 Å². The fourth-order valence-corrected chi connectivity index (χ4v) is 2.36. The van der Waals surface area contributed by atoms with Gasteiger partial charge in [-0.15, -0.1) is 0 Å². The van der Waals surface area contributed by atoms with E-state index in [-0.39, 0.29) is 0 Å². The Labute approximate surface area is 132 Å². The Morgan fingerprint density at radius 1 is 1.32 bits per heavy atom. The van der Waals surface area contributed by atoms with Crippen molar-refractivity contribution in [3.8, 4) is 0 Å². The zero-order chi connectivity index (χ0) is 15.8. The highest BCUT2D eigenvalue weighted by Crippen LogP contribution is 2.04. The number of allylic oxidation sites excluding steroid dienone is 1. The molecule has 1 saturated heterocycles. The maximum atomic E-state index is 8.09. The second kappa shape index (κ2) is 8.46. The third kappa shape index (κ3) is 5.09. The maximum absolute atomic E-state index is 8.09. The SMILES string of the molecule is C/C(=C/C(=N)c1ccccc1)C(N)=NCCN1CCNCC1. The standard InChI is InChI=1S/C17H25N5/c1-14(13-16(18)15-5-3-2-4-6-15)17(19)21-9-12-22-10-7-20-8-11-22/h2-6,13,18,20H,7-12H2,1H3,(H2,19,21)/b14-13-,18-16?. The van der Waals surface area contributed by atoms with Gasteiger partial charge >= 0.3 is 0 Å². The van der Waals surface area contributed by atoms with Crippen LogP contribution in [0.1, 0.15) is 12.5 Å². The molecule has 1 fully saturated rings. The van der Waals surface area contributed by atoms with Crippen LogP contribution in [0.3, 0.4) is 0 Å². The first-order valence-electron chi connectivity index (χ1n) is 7.72. The van der Waals surface area contributed by atoms with Crippen molar-refractivity contribution >= 4 is 11.5 Å². The molecular formula is C17H25N5. The van der Waals surface area contributed by atoms with Gasteiger partial charge in [-0.1, -0.05) is 30.3 Å². The molecule has 0 atom stereocenters. The minimum Gasteiger partial charge on any atom is -0.384 e. The Hall–Kier alpha value is -1.98. The van der Waals surface area contributed by atoms with Crippen LogP contribution in [0.25, 0.3) is 0 Å². The van der Waals surface area contributed by atoms with Crippen LogP contribution in [0.5, 0.6) is 0 Å². The van der Waals surface area contributed by atoms with Crippen LogP contribution in [0, 0.1) is 5.41 Å². The molecule has 1 heterocycles. The van der Waals surface area contributed by atoms with Crippen molar-refractivity contribution in [3.63, 3.8) is 0 Å². The van der Waals surface area contributed by atoms with Crippen molar-refractivity contribution in [2.45, 2.75) is 6.92 Å². The van der Waals surface area contributed by atoms with E-state index in [2.05, 4.69) is 15.2 Å². The summed E-state index contributed by atoms with van der Waals surface area (Å²) >= 11 is 0. The molecule has 5 heteroatoms. The summed E-state index contributed by atoms with van der Waals surface area (Å²) < 4.78 is 0. The van der Waals surface area contributed by atoms with Crippen molar-refractivity contribution in [1.29, 1.82) is 5.41 Å². The Bertz CT molecular complexity index is 541. The monoisotopic (exact) mass is 299 g/mol. The van der Waals surface area contributed by atoms with Gasteiger partial charge in [-0.25, -0.2) is 0 Å². The number of nitrogens with zero attached hydrogens (tertiary/aromatic N) is 2. The van der Waals surface area contributed by atoms with Crippen LogP contribution >= 0.6 is 0 Å². The van der Waals surface area contributed by atoms with E-state index in [9.17, 15) is 0 Å². The lowest BCUT2D eigenvalue weighted by Crippen LogP contribution is -2.44. The van der Waals surface area contributed by atoms with Gasteiger partial charge in [-0.3, -0.25) is 9.89 Å². The minimum atomic E-state index is 0.457. The largest absolute Gasteiger partial charge is 0.384 e. The summed E-state index contributed by atoms with van der Waals surface area (Å²) in [6.07, 6.45) is 1.78. The summed E-state index contributed by atoms with van der Waals surface area (Å²) in [7, 11) is 0. The number of benzene rings is 1. The van der Waals surface area contributed by atoms with Gasteiger partial charge in [-0.2, -0.15) is 0 Å². The highest BCUT2D eigenvalue weighted by atomic mass is 15.2. The van der Waals surface area contributed by atoms with E-state index in [0.717, 1.165) is 43.9 Å². The number of hydrogen-bond donors (Lipinski definition) is 3. The molecule has 0 unspecified atom stereocenters. The Kier molecular flexibility index (Phi) is 6.30. The van der Waals surface area contributed by atoms with Gasteiger partial charge in [0.25, 0.3) is 0 Å². The number of piperazine rings is 1. The third-order valence-electron chi connectivity index (χ3n) is 3.76. The fourth-order valence-electron chi connectivity index (χ4n) is 2.36. The average Bonchev–Trinajstić information content (AvgIpc) is 2.56. The smallest absolute Gasteiger partial charge is 0.121 e. The molecule has 1 aromatic rings. The highest BCUT2D eigenvalue weighted by Gasteiger charge is 2.08. The van der Waals surface area contributed by atoms with Gasteiger partial charge in [0.15, 0.2) is 0 Å². The van der Waals surface area contributed by atoms with Crippen LogP contribution in [0.15, 0.2) is 47.0 Å². The topological polar surface area (TPSA) is 77.5 Å². The number of rotatable bonds is 6. The number of nitrogens with one attached hydrogen (secondary N) is 2. The first-order chi connectivity index (χ1) is 10.7. The van der Waals surface area contributed by atoms with Crippen LogP contribution in [0.2, 0.25) is 0 Å². The van der Waals surface area contributed by atoms with Gasteiger partial charge in [-0.05, 0) is 24.1 Å². The van der Waals surface area contributed by atoms with Gasteiger partial charge < -0.3 is 16.5 Å². The van der Waals surface area contributed by atoms with E-state index in [4.69, 9.17) is 11.1 Å². The van der Waals surface area contributed by atoms with E-state index in [1.807, 2.05) is 37.3 Å². The molecule has 0 spiro atoms. The lowest BCUT2D eigenvalue weighted by molar-refractivity contribution is 0.247. The molecule has 0 saturated carbocycles. The van der Waals surface area contributed by atoms with Crippen molar-refractivity contribution < 1.29 is 0 Å². The molecule has 5 nitrogen and oxygen atoms in total. The third-order valence-corrected chi connectivity index (χ3v) is 3.76. The zero-order valence-corrected chi connectivity index (χ0v) is 13.2. The molecule has 2 rings (SSSR count). The second-order valence-corrected chi connectivity index (χ2v) is 5.47. The molecule has 1 aliphatic rings. The molecule has 0 aliphatic carbocycles. The highest BCUT2D eigenvalue weighted by molar-refractivity contribution is 6.11. The molecule has 0 amide bonds. The summed E-state index contributed by atoms with van der Waals surface area (Å²) in [5.74, 6) is 0.524. The lowest BCUT2D eigenvalue weighted by atomic mass is 10.1. The van der Waals surface area contributed by atoms with E-state index < -0.39 is 0 Å². The first kappa shape index (κ1) is 16.4. The molecule has 22 heavy (non-hydrogen) atoms. The van der Waals surface area contributed by atoms with Crippen molar-refractivity contribution in [2.75, 3.05) is 39.3 Å². The molecule has 1 aliphatic heterocycles. The lowest BCUT2D eigenvalue weighted by Gasteiger charge is -2.26. The first-order valence-corrected chi connectivity index (χ1v) is 7.72. The number of nitrogens with two attached hydrogens (primary N) is 1. The van der Waals surface area contributed by atoms with E-state index in [1.165, 1.54) is 0 Å². The number of hydrogen-bond acceptors (Lipinski definition) is 4. The summed E-state index contributed by atoms with van der Waals surface area (Å²) in [5, 5.41) is 11.4. The summed E-state index contributed by atoms with van der Waals surface area (Å²) in [4.78, 5) is 6.82. The molecular weight excluding hydrogens is 274 g/mol. The Morgan fingerprint density at radius 3 is 2.68 bits per heavy atom. The van der Waals surface area contributed by atoms with Crippen molar-refractivity contribution in [1.82, 2.24) is 10.2 Å². The van der Waals surface area contributed by atoms with Gasteiger partial charge in [0.05, 0.1) is 12.3 Å². The number of aliphatic imine (C=N–C) groups is 1. The maximum Gasteiger partial charge on any atom is 0.121 e. The molecule has 0 radical (unpaired) electrons. The van der Waals surface area contributed by atoms with Crippen LogP contribution < -0.4 is 11.1 Å². The van der Waals surface area contributed by atoms with E-state index in [1.54, 1.807) is 6.08 Å². The van der Waals surface area contributed by atoms with Crippen LogP contribution in [-0.4, -0.2) is 55.7 Å². The predicted molar refractivity (Wildman–Crippen MR) is 92.8 cm³/mol. The molecule has 0 aromatic heterocycles. The number of amidine groups is 1. The minimum absolute atomic E-state index is 0.457. The molecule has 118 valence electrons. The normalized spacial score (nSPS) is 17.5. The predicted octanol–water partition coefficient (Wildman–Crippen LogP) is 1.26. The van der Waals surface area contributed by atoms with Crippen LogP contribution in [0.4, 0.5) is 0 Å². The van der Waals surface area contributed by atoms with Gasteiger partial charge in [0.2, 0.25) is 0 Å². The van der Waals surface area contributed by atoms with Crippen molar-refractivity contribution in [3.05, 3.63) is 47.5 Å². The molecule has 4 N–H and O–H groups in total.